The average Bonchev–Trinajstić information content (AvgIpc) is 2.78. The van der Waals surface area contributed by atoms with Crippen molar-refractivity contribution >= 4 is 23.3 Å². The molecular weight excluding hydrogens is 226 g/mol. The topological polar surface area (TPSA) is 37.8 Å². The summed E-state index contributed by atoms with van der Waals surface area (Å²) in [6, 6.07) is 0. The molecule has 1 aromatic heterocycles. The smallest absolute Gasteiger partial charge is 0.0893 e. The van der Waals surface area contributed by atoms with Gasteiger partial charge in [0.1, 0.15) is 0 Å². The largest absolute Gasteiger partial charge is 0.310 e. The number of thioether (sulfide) groups is 1. The molecule has 1 heterocycles. The van der Waals surface area contributed by atoms with E-state index < -0.39 is 0 Å². The normalized spacial score (nSPS) is 11.9. The lowest BCUT2D eigenvalue weighted by atomic mass is 10.0. The quantitative estimate of drug-likeness (QED) is 0.801. The number of hydrogen-bond acceptors (Lipinski definition) is 5. The van der Waals surface area contributed by atoms with E-state index in [2.05, 4.69) is 35.0 Å². The fourth-order valence-electron chi connectivity index (χ4n) is 1.54. The molecule has 0 bridgehead atoms. The SMILES string of the molecule is CCC(CC)(CNCc1csnn1)SC. The van der Waals surface area contributed by atoms with Crippen molar-refractivity contribution in [3.05, 3.63) is 11.1 Å². The second kappa shape index (κ2) is 6.45. The molecular formula is C10H19N3S2. The van der Waals surface area contributed by atoms with Gasteiger partial charge in [0.2, 0.25) is 0 Å². The van der Waals surface area contributed by atoms with Crippen molar-refractivity contribution in [2.24, 2.45) is 0 Å². The zero-order chi connectivity index (χ0) is 11.1. The molecule has 5 heteroatoms. The first-order valence-corrected chi connectivity index (χ1v) is 7.34. The molecule has 0 unspecified atom stereocenters. The van der Waals surface area contributed by atoms with Crippen LogP contribution in [0, 0.1) is 0 Å². The van der Waals surface area contributed by atoms with Crippen LogP contribution in [0.5, 0.6) is 0 Å². The minimum atomic E-state index is 0.378. The van der Waals surface area contributed by atoms with Crippen LogP contribution in [-0.4, -0.2) is 27.1 Å². The lowest BCUT2D eigenvalue weighted by Crippen LogP contribution is -2.36. The van der Waals surface area contributed by atoms with Gasteiger partial charge in [0, 0.05) is 23.2 Å². The van der Waals surface area contributed by atoms with E-state index in [9.17, 15) is 0 Å². The summed E-state index contributed by atoms with van der Waals surface area (Å²) in [5.41, 5.74) is 1.04. The molecule has 0 aliphatic carbocycles. The van der Waals surface area contributed by atoms with Crippen molar-refractivity contribution in [3.8, 4) is 0 Å². The summed E-state index contributed by atoms with van der Waals surface area (Å²) in [5.74, 6) is 0. The highest BCUT2D eigenvalue weighted by Crippen LogP contribution is 2.29. The van der Waals surface area contributed by atoms with Crippen LogP contribution >= 0.6 is 23.3 Å². The van der Waals surface area contributed by atoms with Crippen molar-refractivity contribution in [2.75, 3.05) is 12.8 Å². The van der Waals surface area contributed by atoms with Crippen LogP contribution in [0.25, 0.3) is 0 Å². The first kappa shape index (κ1) is 12.9. The minimum absolute atomic E-state index is 0.378. The maximum atomic E-state index is 4.01. The van der Waals surface area contributed by atoms with Gasteiger partial charge < -0.3 is 5.32 Å². The van der Waals surface area contributed by atoms with Crippen LogP contribution in [0.2, 0.25) is 0 Å². The molecule has 1 rings (SSSR count). The molecule has 0 saturated carbocycles. The van der Waals surface area contributed by atoms with Crippen LogP contribution < -0.4 is 5.32 Å². The first-order valence-electron chi connectivity index (χ1n) is 5.28. The molecule has 1 N–H and O–H groups in total. The minimum Gasteiger partial charge on any atom is -0.310 e. The molecule has 0 aliphatic heterocycles. The van der Waals surface area contributed by atoms with E-state index in [0.717, 1.165) is 18.8 Å². The molecule has 0 saturated heterocycles. The van der Waals surface area contributed by atoms with Gasteiger partial charge in [-0.1, -0.05) is 18.3 Å². The fraction of sp³-hybridized carbons (Fsp3) is 0.800. The highest BCUT2D eigenvalue weighted by atomic mass is 32.2. The van der Waals surface area contributed by atoms with Gasteiger partial charge in [-0.05, 0) is 30.6 Å². The molecule has 3 nitrogen and oxygen atoms in total. The van der Waals surface area contributed by atoms with Crippen LogP contribution in [-0.2, 0) is 6.54 Å². The van der Waals surface area contributed by atoms with Gasteiger partial charge in [-0.2, -0.15) is 11.8 Å². The predicted molar refractivity (Wildman–Crippen MR) is 68.4 cm³/mol. The first-order chi connectivity index (χ1) is 7.26. The van der Waals surface area contributed by atoms with Crippen molar-refractivity contribution in [3.63, 3.8) is 0 Å². The number of hydrogen-bond donors (Lipinski definition) is 1. The Hall–Kier alpha value is -0.130. The van der Waals surface area contributed by atoms with E-state index >= 15 is 0 Å². The van der Waals surface area contributed by atoms with Gasteiger partial charge in [0.25, 0.3) is 0 Å². The third-order valence-corrected chi connectivity index (χ3v) is 5.02. The lowest BCUT2D eigenvalue weighted by Gasteiger charge is -2.29. The third kappa shape index (κ3) is 3.74. The highest BCUT2D eigenvalue weighted by molar-refractivity contribution is 8.00. The summed E-state index contributed by atoms with van der Waals surface area (Å²) >= 11 is 3.37. The summed E-state index contributed by atoms with van der Waals surface area (Å²) in [4.78, 5) is 0. The highest BCUT2D eigenvalue weighted by Gasteiger charge is 2.23. The Morgan fingerprint density at radius 3 is 2.67 bits per heavy atom. The molecule has 0 fully saturated rings. The molecule has 1 aromatic rings. The van der Waals surface area contributed by atoms with Crippen LogP contribution in [0.15, 0.2) is 5.38 Å². The Kier molecular flexibility index (Phi) is 5.56. The van der Waals surface area contributed by atoms with Gasteiger partial charge in [0.15, 0.2) is 0 Å². The second-order valence-electron chi connectivity index (χ2n) is 3.59. The Labute approximate surface area is 100 Å². The zero-order valence-electron chi connectivity index (χ0n) is 9.62. The Morgan fingerprint density at radius 1 is 1.47 bits per heavy atom. The van der Waals surface area contributed by atoms with E-state index in [4.69, 9.17) is 0 Å². The van der Waals surface area contributed by atoms with E-state index in [-0.39, 0.29) is 0 Å². The summed E-state index contributed by atoms with van der Waals surface area (Å²) < 4.78 is 4.22. The van der Waals surface area contributed by atoms with E-state index in [0.29, 0.717) is 4.75 Å². The van der Waals surface area contributed by atoms with Crippen LogP contribution in [0.3, 0.4) is 0 Å². The second-order valence-corrected chi connectivity index (χ2v) is 5.48. The van der Waals surface area contributed by atoms with E-state index in [1.54, 1.807) is 0 Å². The number of nitrogens with zero attached hydrogens (tertiary/aromatic N) is 2. The summed E-state index contributed by atoms with van der Waals surface area (Å²) in [6.45, 7) is 6.38. The van der Waals surface area contributed by atoms with Gasteiger partial charge in [0.05, 0.1) is 5.69 Å². The monoisotopic (exact) mass is 245 g/mol. The van der Waals surface area contributed by atoms with Gasteiger partial charge >= 0.3 is 0 Å². The summed E-state index contributed by atoms with van der Waals surface area (Å²) in [5, 5.41) is 9.47. The number of nitrogens with one attached hydrogen (secondary N) is 1. The standard InChI is InChI=1S/C10H19N3S2/c1-4-10(5-2,14-3)8-11-6-9-7-15-13-12-9/h7,11H,4-6,8H2,1-3H3. The molecule has 0 spiro atoms. The summed E-state index contributed by atoms with van der Waals surface area (Å²) in [7, 11) is 0. The zero-order valence-corrected chi connectivity index (χ0v) is 11.2. The third-order valence-electron chi connectivity index (χ3n) is 2.88. The molecule has 0 aliphatic rings. The molecule has 0 atom stereocenters. The van der Waals surface area contributed by atoms with Crippen molar-refractivity contribution in [1.29, 1.82) is 0 Å². The Morgan fingerprint density at radius 2 is 2.20 bits per heavy atom. The number of rotatable bonds is 7. The fourth-order valence-corrected chi connectivity index (χ4v) is 2.82. The van der Waals surface area contributed by atoms with Crippen molar-refractivity contribution < 1.29 is 0 Å². The Balaban J connectivity index is 2.34. The van der Waals surface area contributed by atoms with Crippen molar-refractivity contribution in [2.45, 2.75) is 38.0 Å². The molecule has 0 aromatic carbocycles. The maximum Gasteiger partial charge on any atom is 0.0893 e. The number of aromatic nitrogens is 2. The van der Waals surface area contributed by atoms with Crippen molar-refractivity contribution in [1.82, 2.24) is 14.9 Å². The summed E-state index contributed by atoms with van der Waals surface area (Å²) in [6.07, 6.45) is 4.60. The lowest BCUT2D eigenvalue weighted by molar-refractivity contribution is 0.492. The van der Waals surface area contributed by atoms with Gasteiger partial charge in [-0.3, -0.25) is 0 Å². The average molecular weight is 245 g/mol. The molecule has 0 radical (unpaired) electrons. The van der Waals surface area contributed by atoms with Gasteiger partial charge in [-0.25, -0.2) is 0 Å². The molecule has 86 valence electrons. The van der Waals surface area contributed by atoms with Gasteiger partial charge in [-0.15, -0.1) is 5.10 Å². The van der Waals surface area contributed by atoms with Crippen LogP contribution in [0.4, 0.5) is 0 Å². The van der Waals surface area contributed by atoms with Crippen LogP contribution in [0.1, 0.15) is 32.4 Å². The maximum absolute atomic E-state index is 4.01. The molecule has 0 amide bonds. The molecule has 15 heavy (non-hydrogen) atoms. The Bertz CT molecular complexity index is 249. The van der Waals surface area contributed by atoms with E-state index in [1.807, 2.05) is 17.1 Å². The van der Waals surface area contributed by atoms with E-state index in [1.165, 1.54) is 24.4 Å². The predicted octanol–water partition coefficient (Wildman–Crippen LogP) is 2.55.